The molecule has 0 aromatic heterocycles. The number of hydrogen-bond acceptors (Lipinski definition) is 5. The summed E-state index contributed by atoms with van der Waals surface area (Å²) in [5.41, 5.74) is 0. The summed E-state index contributed by atoms with van der Waals surface area (Å²) in [4.78, 5) is 0. The highest BCUT2D eigenvalue weighted by molar-refractivity contribution is 7.99. The lowest BCUT2D eigenvalue weighted by molar-refractivity contribution is 0.282. The van der Waals surface area contributed by atoms with Crippen molar-refractivity contribution in [2.45, 2.75) is 36.8 Å². The van der Waals surface area contributed by atoms with Gasteiger partial charge in [-0.1, -0.05) is 6.92 Å². The molecular weight excluding hydrogens is 248 g/mol. The highest BCUT2D eigenvalue weighted by Crippen LogP contribution is 2.13. The van der Waals surface area contributed by atoms with Gasteiger partial charge in [-0.15, -0.1) is 0 Å². The van der Waals surface area contributed by atoms with Crippen LogP contribution in [-0.4, -0.2) is 42.9 Å². The van der Waals surface area contributed by atoms with E-state index >= 15 is 0 Å². The van der Waals surface area contributed by atoms with Crippen LogP contribution < -0.4 is 4.72 Å². The predicted octanol–water partition coefficient (Wildman–Crippen LogP) is 0.320. The zero-order valence-electron chi connectivity index (χ0n) is 9.67. The van der Waals surface area contributed by atoms with Gasteiger partial charge in [-0.25, -0.2) is 13.1 Å². The van der Waals surface area contributed by atoms with Crippen molar-refractivity contribution in [1.29, 1.82) is 5.26 Å². The van der Waals surface area contributed by atoms with Gasteiger partial charge in [0.15, 0.2) is 5.25 Å². The average Bonchev–Trinajstić information content (AvgIpc) is 2.19. The molecule has 3 unspecified atom stereocenters. The van der Waals surface area contributed by atoms with Crippen LogP contribution in [0.25, 0.3) is 0 Å². The van der Waals surface area contributed by atoms with E-state index in [4.69, 9.17) is 10.4 Å². The van der Waals surface area contributed by atoms with Crippen LogP contribution >= 0.6 is 11.8 Å². The molecule has 0 bridgehead atoms. The summed E-state index contributed by atoms with van der Waals surface area (Å²) in [5, 5.41) is 16.5. The fourth-order valence-corrected chi connectivity index (χ4v) is 3.37. The molecule has 0 fully saturated rings. The van der Waals surface area contributed by atoms with Gasteiger partial charge < -0.3 is 5.11 Å². The molecule has 0 heterocycles. The third kappa shape index (κ3) is 4.29. The minimum Gasteiger partial charge on any atom is -0.395 e. The molecule has 94 valence electrons. The van der Waals surface area contributed by atoms with Crippen molar-refractivity contribution in [3.63, 3.8) is 0 Å². The SMILES string of the molecule is CCC(C#N)S(=O)(=O)NC(C)C(CO)SC. The van der Waals surface area contributed by atoms with Crippen molar-refractivity contribution in [2.24, 2.45) is 0 Å². The Morgan fingerprint density at radius 3 is 2.44 bits per heavy atom. The van der Waals surface area contributed by atoms with Gasteiger partial charge in [0.2, 0.25) is 10.0 Å². The number of nitriles is 1. The molecule has 2 N–H and O–H groups in total. The maximum Gasteiger partial charge on any atom is 0.228 e. The molecule has 0 rings (SSSR count). The Balaban J connectivity index is 4.66. The third-order valence-corrected chi connectivity index (χ3v) is 5.33. The van der Waals surface area contributed by atoms with Gasteiger partial charge in [-0.05, 0) is 19.6 Å². The van der Waals surface area contributed by atoms with Crippen LogP contribution in [0.3, 0.4) is 0 Å². The molecule has 16 heavy (non-hydrogen) atoms. The van der Waals surface area contributed by atoms with E-state index in [-0.39, 0.29) is 18.3 Å². The van der Waals surface area contributed by atoms with Gasteiger partial charge in [-0.2, -0.15) is 17.0 Å². The quantitative estimate of drug-likeness (QED) is 0.692. The fourth-order valence-electron chi connectivity index (χ4n) is 1.23. The maximum absolute atomic E-state index is 11.7. The largest absolute Gasteiger partial charge is 0.395 e. The van der Waals surface area contributed by atoms with Crippen molar-refractivity contribution < 1.29 is 13.5 Å². The average molecular weight is 266 g/mol. The molecular formula is C9H18N2O3S2. The zero-order chi connectivity index (χ0) is 12.8. The first-order valence-electron chi connectivity index (χ1n) is 4.97. The second-order valence-electron chi connectivity index (χ2n) is 3.43. The number of aliphatic hydroxyl groups excluding tert-OH is 1. The van der Waals surface area contributed by atoms with E-state index in [2.05, 4.69) is 4.72 Å². The summed E-state index contributed by atoms with van der Waals surface area (Å²) < 4.78 is 25.9. The van der Waals surface area contributed by atoms with Crippen LogP contribution in [0.2, 0.25) is 0 Å². The van der Waals surface area contributed by atoms with Crippen LogP contribution in [0, 0.1) is 11.3 Å². The predicted molar refractivity (Wildman–Crippen MR) is 65.6 cm³/mol. The molecule has 0 aliphatic carbocycles. The van der Waals surface area contributed by atoms with E-state index in [0.29, 0.717) is 0 Å². The van der Waals surface area contributed by atoms with Gasteiger partial charge in [-0.3, -0.25) is 0 Å². The highest BCUT2D eigenvalue weighted by Gasteiger charge is 2.27. The molecule has 0 amide bonds. The Hall–Kier alpha value is -0.290. The van der Waals surface area contributed by atoms with Crippen molar-refractivity contribution >= 4 is 21.8 Å². The summed E-state index contributed by atoms with van der Waals surface area (Å²) in [5.74, 6) is 0. The molecule has 0 spiro atoms. The molecule has 0 radical (unpaired) electrons. The number of hydrogen-bond donors (Lipinski definition) is 2. The van der Waals surface area contributed by atoms with Crippen LogP contribution in [0.15, 0.2) is 0 Å². The first-order chi connectivity index (χ1) is 7.42. The molecule has 0 aliphatic heterocycles. The Morgan fingerprint density at radius 1 is 1.56 bits per heavy atom. The molecule has 5 nitrogen and oxygen atoms in total. The number of nitrogens with zero attached hydrogens (tertiary/aromatic N) is 1. The van der Waals surface area contributed by atoms with Crippen LogP contribution in [-0.2, 0) is 10.0 Å². The molecule has 7 heteroatoms. The second kappa shape index (κ2) is 7.12. The number of nitrogens with one attached hydrogen (secondary N) is 1. The van der Waals surface area contributed by atoms with E-state index < -0.39 is 21.3 Å². The summed E-state index contributed by atoms with van der Waals surface area (Å²) >= 11 is 1.39. The fraction of sp³-hybridized carbons (Fsp3) is 0.889. The number of rotatable bonds is 7. The Kier molecular flexibility index (Phi) is 6.99. The van der Waals surface area contributed by atoms with E-state index in [1.807, 2.05) is 0 Å². The monoisotopic (exact) mass is 266 g/mol. The van der Waals surface area contributed by atoms with E-state index in [0.717, 1.165) is 0 Å². The summed E-state index contributed by atoms with van der Waals surface area (Å²) in [6.45, 7) is 3.23. The standard InChI is InChI=1S/C9H18N2O3S2/c1-4-8(5-10)16(13,14)11-7(2)9(6-12)15-3/h7-9,11-12H,4,6H2,1-3H3. The smallest absolute Gasteiger partial charge is 0.228 e. The number of aliphatic hydroxyl groups is 1. The van der Waals surface area contributed by atoms with Crippen LogP contribution in [0.5, 0.6) is 0 Å². The molecule has 0 aliphatic rings. The summed E-state index contributed by atoms with van der Waals surface area (Å²) in [7, 11) is -3.62. The molecule has 3 atom stereocenters. The van der Waals surface area contributed by atoms with Crippen molar-refractivity contribution in [3.05, 3.63) is 0 Å². The van der Waals surface area contributed by atoms with Crippen molar-refractivity contribution in [2.75, 3.05) is 12.9 Å². The third-order valence-electron chi connectivity index (χ3n) is 2.28. The second-order valence-corrected chi connectivity index (χ2v) is 6.41. The van der Waals surface area contributed by atoms with Crippen molar-refractivity contribution in [3.8, 4) is 6.07 Å². The van der Waals surface area contributed by atoms with Gasteiger partial charge in [0, 0.05) is 11.3 Å². The van der Waals surface area contributed by atoms with E-state index in [1.165, 1.54) is 11.8 Å². The molecule has 0 saturated carbocycles. The molecule has 0 aromatic rings. The molecule has 0 aromatic carbocycles. The first-order valence-corrected chi connectivity index (χ1v) is 7.80. The Labute approximate surface area is 101 Å². The minimum absolute atomic E-state index is 0.103. The van der Waals surface area contributed by atoms with Gasteiger partial charge >= 0.3 is 0 Å². The van der Waals surface area contributed by atoms with E-state index in [9.17, 15) is 8.42 Å². The Morgan fingerprint density at radius 2 is 2.12 bits per heavy atom. The van der Waals surface area contributed by atoms with E-state index in [1.54, 1.807) is 26.2 Å². The summed E-state index contributed by atoms with van der Waals surface area (Å²) in [6, 6.07) is 1.36. The van der Waals surface area contributed by atoms with Gasteiger partial charge in [0.1, 0.15) is 0 Å². The number of sulfonamides is 1. The maximum atomic E-state index is 11.7. The highest BCUT2D eigenvalue weighted by atomic mass is 32.2. The summed E-state index contributed by atoms with van der Waals surface area (Å²) in [6.07, 6.45) is 2.05. The van der Waals surface area contributed by atoms with Crippen LogP contribution in [0.4, 0.5) is 0 Å². The number of thioether (sulfide) groups is 1. The van der Waals surface area contributed by atoms with Crippen LogP contribution in [0.1, 0.15) is 20.3 Å². The normalized spacial score (nSPS) is 17.4. The van der Waals surface area contributed by atoms with Gasteiger partial charge in [0.25, 0.3) is 0 Å². The zero-order valence-corrected chi connectivity index (χ0v) is 11.3. The topological polar surface area (TPSA) is 90.2 Å². The van der Waals surface area contributed by atoms with Gasteiger partial charge in [0.05, 0.1) is 12.7 Å². The Bertz CT molecular complexity index is 333. The molecule has 0 saturated heterocycles. The van der Waals surface area contributed by atoms with Crippen molar-refractivity contribution in [1.82, 2.24) is 4.72 Å². The lowest BCUT2D eigenvalue weighted by Gasteiger charge is -2.22. The first kappa shape index (κ1) is 15.7. The minimum atomic E-state index is -3.62. The lowest BCUT2D eigenvalue weighted by Crippen LogP contribution is -2.44. The lowest BCUT2D eigenvalue weighted by atomic mass is 10.3.